The molecule has 1 aliphatic rings. The average molecular weight is 481 g/mol. The topological polar surface area (TPSA) is 113 Å². The molecule has 1 saturated heterocycles. The molecule has 0 bridgehead atoms. The normalized spacial score (nSPS) is 17.4. The number of likely N-dealkylation sites (N-methyl/N-ethyl adjacent to an activating group) is 1. The summed E-state index contributed by atoms with van der Waals surface area (Å²) >= 11 is 0. The highest BCUT2D eigenvalue weighted by atomic mass is 32.3. The molecule has 0 radical (unpaired) electrons. The summed E-state index contributed by atoms with van der Waals surface area (Å²) in [5.41, 5.74) is -0.459. The van der Waals surface area contributed by atoms with Gasteiger partial charge >= 0.3 is 5.97 Å². The fraction of sp³-hybridized carbons (Fsp3) is 0.909. The van der Waals surface area contributed by atoms with Crippen LogP contribution in [0.2, 0.25) is 0 Å². The van der Waals surface area contributed by atoms with E-state index in [1.807, 2.05) is 11.8 Å². The van der Waals surface area contributed by atoms with Gasteiger partial charge in [-0.3, -0.25) is 13.8 Å². The van der Waals surface area contributed by atoms with Crippen molar-refractivity contribution in [3.05, 3.63) is 0 Å². The van der Waals surface area contributed by atoms with Crippen molar-refractivity contribution >= 4 is 22.3 Å². The number of amides is 1. The minimum absolute atomic E-state index is 0.0892. The predicted octanol–water partition coefficient (Wildman–Crippen LogP) is 2.71. The van der Waals surface area contributed by atoms with Crippen LogP contribution in [0.5, 0.6) is 0 Å². The van der Waals surface area contributed by atoms with Crippen molar-refractivity contribution in [2.45, 2.75) is 79.2 Å². The van der Waals surface area contributed by atoms with E-state index in [1.54, 1.807) is 0 Å². The summed E-state index contributed by atoms with van der Waals surface area (Å²) in [4.78, 5) is 26.7. The van der Waals surface area contributed by atoms with E-state index in [0.29, 0.717) is 13.0 Å². The maximum absolute atomic E-state index is 12.6. The monoisotopic (exact) mass is 480 g/mol. The predicted molar refractivity (Wildman–Crippen MR) is 122 cm³/mol. The van der Waals surface area contributed by atoms with Crippen molar-refractivity contribution in [3.8, 4) is 0 Å². The Bertz CT molecular complexity index is 682. The van der Waals surface area contributed by atoms with Crippen molar-refractivity contribution < 1.29 is 36.0 Å². The minimum atomic E-state index is -4.42. The van der Waals surface area contributed by atoms with Crippen LogP contribution in [0.15, 0.2) is 0 Å². The molecule has 1 amide bonds. The quantitative estimate of drug-likeness (QED) is 0.172. The molecule has 1 rings (SSSR count). The van der Waals surface area contributed by atoms with E-state index in [4.69, 9.17) is 4.74 Å². The van der Waals surface area contributed by atoms with E-state index in [2.05, 4.69) is 39.0 Å². The number of hydrogen-bond acceptors (Lipinski definition) is 7. The van der Waals surface area contributed by atoms with Crippen LogP contribution in [0.3, 0.4) is 0 Å². The highest BCUT2D eigenvalue weighted by Crippen LogP contribution is 2.32. The third-order valence-corrected chi connectivity index (χ3v) is 6.90. The van der Waals surface area contributed by atoms with Gasteiger partial charge in [0, 0.05) is 19.0 Å². The second kappa shape index (κ2) is 14.1. The smallest absolute Gasteiger partial charge is 0.311 e. The summed E-state index contributed by atoms with van der Waals surface area (Å²) in [5, 5.41) is 0. The first-order valence-corrected chi connectivity index (χ1v) is 13.0. The molecular formula is C22H44N2O7S. The lowest BCUT2D eigenvalue weighted by atomic mass is 9.81. The van der Waals surface area contributed by atoms with Crippen molar-refractivity contribution in [2.75, 3.05) is 46.9 Å². The fourth-order valence-electron chi connectivity index (χ4n) is 3.41. The van der Waals surface area contributed by atoms with Gasteiger partial charge in [-0.1, -0.05) is 13.8 Å². The van der Waals surface area contributed by atoms with Crippen molar-refractivity contribution in [3.63, 3.8) is 0 Å². The maximum atomic E-state index is 12.6. The molecule has 1 fully saturated rings. The Morgan fingerprint density at radius 2 is 1.88 bits per heavy atom. The standard InChI is InChI=1S/C20H39N2O3.C2H6O4S/c1-7-17(21-14-10-11-18(21)23)12-13-20(4,8-2)19(24)25-16-15-22(5,6)9-3;1-2-6-7(3,4)5/h17H,7-16H2,1-6H3;2H2,1H3,(H,3,4,5)/q+1;/p-1. The van der Waals surface area contributed by atoms with Gasteiger partial charge in [0.2, 0.25) is 16.3 Å². The van der Waals surface area contributed by atoms with Crippen molar-refractivity contribution in [1.29, 1.82) is 0 Å². The lowest BCUT2D eigenvalue weighted by Gasteiger charge is -2.32. The number of nitrogens with zero attached hydrogens (tertiary/aromatic N) is 2. The van der Waals surface area contributed by atoms with Crippen LogP contribution in [-0.2, 0) is 28.9 Å². The van der Waals surface area contributed by atoms with Gasteiger partial charge in [0.05, 0.1) is 32.7 Å². The Hall–Kier alpha value is -1.23. The zero-order valence-electron chi connectivity index (χ0n) is 21.0. The summed E-state index contributed by atoms with van der Waals surface area (Å²) in [6, 6.07) is 0.254. The van der Waals surface area contributed by atoms with Crippen LogP contribution in [0.25, 0.3) is 0 Å². The van der Waals surface area contributed by atoms with Gasteiger partial charge in [-0.25, -0.2) is 8.42 Å². The van der Waals surface area contributed by atoms with Crippen LogP contribution < -0.4 is 0 Å². The van der Waals surface area contributed by atoms with E-state index < -0.39 is 15.8 Å². The van der Waals surface area contributed by atoms with Gasteiger partial charge in [0.15, 0.2) is 0 Å². The van der Waals surface area contributed by atoms with E-state index in [0.717, 1.165) is 56.2 Å². The third kappa shape index (κ3) is 11.6. The molecule has 0 aliphatic carbocycles. The average Bonchev–Trinajstić information content (AvgIpc) is 3.13. The first-order valence-electron chi connectivity index (χ1n) is 11.6. The number of quaternary nitrogens is 1. The number of ether oxygens (including phenoxy) is 1. The number of likely N-dealkylation sites (tertiary alicyclic amines) is 1. The largest absolute Gasteiger partial charge is 0.726 e. The number of hydrogen-bond donors (Lipinski definition) is 0. The highest BCUT2D eigenvalue weighted by Gasteiger charge is 2.35. The number of carbonyl (C=O) groups is 2. The SMILES string of the molecule is CCC(CCC(C)(CC)C(=O)OCC[N+](C)(C)CC)N1CCCC1=O.CCOS(=O)(=O)[O-]. The second-order valence-corrected chi connectivity index (χ2v) is 10.2. The van der Waals surface area contributed by atoms with E-state index in [-0.39, 0.29) is 24.5 Å². The number of rotatable bonds is 13. The molecule has 0 aromatic heterocycles. The lowest BCUT2D eigenvalue weighted by molar-refractivity contribution is -0.888. The zero-order chi connectivity index (χ0) is 25.0. The summed E-state index contributed by atoms with van der Waals surface area (Å²) in [5.74, 6) is 0.181. The second-order valence-electron chi connectivity index (χ2n) is 9.13. The Labute approximate surface area is 195 Å². The van der Waals surface area contributed by atoms with Crippen LogP contribution in [-0.4, -0.2) is 87.2 Å². The highest BCUT2D eigenvalue weighted by molar-refractivity contribution is 7.80. The Morgan fingerprint density at radius 3 is 2.25 bits per heavy atom. The van der Waals surface area contributed by atoms with Gasteiger partial charge in [-0.15, -0.1) is 0 Å². The summed E-state index contributed by atoms with van der Waals surface area (Å²) in [6.45, 7) is 12.9. The molecule has 0 spiro atoms. The summed E-state index contributed by atoms with van der Waals surface area (Å²) in [6.07, 6.45) is 5.00. The Balaban J connectivity index is 0.00000118. The molecule has 190 valence electrons. The maximum Gasteiger partial charge on any atom is 0.311 e. The van der Waals surface area contributed by atoms with Crippen LogP contribution in [0.4, 0.5) is 0 Å². The zero-order valence-corrected chi connectivity index (χ0v) is 21.8. The third-order valence-electron chi connectivity index (χ3n) is 6.37. The molecule has 0 saturated carbocycles. The van der Waals surface area contributed by atoms with Crippen LogP contribution in [0, 0.1) is 5.41 Å². The van der Waals surface area contributed by atoms with Gasteiger partial charge in [-0.05, 0) is 52.9 Å². The molecule has 0 N–H and O–H groups in total. The van der Waals surface area contributed by atoms with Crippen LogP contribution >= 0.6 is 0 Å². The van der Waals surface area contributed by atoms with Crippen molar-refractivity contribution in [1.82, 2.24) is 4.90 Å². The van der Waals surface area contributed by atoms with Gasteiger partial charge in [0.25, 0.3) is 0 Å². The molecule has 1 heterocycles. The first-order chi connectivity index (χ1) is 14.7. The fourth-order valence-corrected chi connectivity index (χ4v) is 3.69. The number of carbonyl (C=O) groups excluding carboxylic acids is 2. The summed E-state index contributed by atoms with van der Waals surface area (Å²) < 4.78 is 38.5. The Kier molecular flexibility index (Phi) is 13.6. The Morgan fingerprint density at radius 1 is 1.25 bits per heavy atom. The molecule has 2 unspecified atom stereocenters. The number of esters is 1. The molecule has 9 nitrogen and oxygen atoms in total. The van der Waals surface area contributed by atoms with Crippen molar-refractivity contribution in [2.24, 2.45) is 5.41 Å². The molecule has 0 aromatic carbocycles. The minimum Gasteiger partial charge on any atom is -0.726 e. The molecule has 0 aromatic rings. The summed E-state index contributed by atoms with van der Waals surface area (Å²) in [7, 11) is -0.135. The molecule has 10 heteroatoms. The lowest BCUT2D eigenvalue weighted by Crippen LogP contribution is -2.43. The molecule has 2 atom stereocenters. The van der Waals surface area contributed by atoms with E-state index in [9.17, 15) is 22.6 Å². The van der Waals surface area contributed by atoms with Gasteiger partial charge < -0.3 is 18.7 Å². The first kappa shape index (κ1) is 30.8. The van der Waals surface area contributed by atoms with E-state index >= 15 is 0 Å². The van der Waals surface area contributed by atoms with Crippen LogP contribution in [0.1, 0.15) is 73.1 Å². The van der Waals surface area contributed by atoms with Gasteiger partial charge in [0.1, 0.15) is 13.2 Å². The molecular weight excluding hydrogens is 436 g/mol. The molecule has 32 heavy (non-hydrogen) atoms. The van der Waals surface area contributed by atoms with E-state index in [1.165, 1.54) is 6.92 Å². The molecule has 1 aliphatic heterocycles. The van der Waals surface area contributed by atoms with Gasteiger partial charge in [-0.2, -0.15) is 0 Å².